The quantitative estimate of drug-likeness (QED) is 0.847. The second-order valence-electron chi connectivity index (χ2n) is 3.70. The molecule has 0 aromatic carbocycles. The summed E-state index contributed by atoms with van der Waals surface area (Å²) < 4.78 is 0. The molecule has 2 aromatic heterocycles. The van der Waals surface area contributed by atoms with Gasteiger partial charge in [-0.1, -0.05) is 6.07 Å². The second kappa shape index (κ2) is 5.37. The van der Waals surface area contributed by atoms with Gasteiger partial charge in [0.1, 0.15) is 0 Å². The van der Waals surface area contributed by atoms with Crippen LogP contribution in [-0.4, -0.2) is 9.97 Å². The fraction of sp³-hybridized carbons (Fsp3) is 0.231. The zero-order valence-electron chi connectivity index (χ0n) is 9.30. The van der Waals surface area contributed by atoms with Crippen molar-refractivity contribution < 1.29 is 0 Å². The van der Waals surface area contributed by atoms with E-state index in [9.17, 15) is 0 Å². The first-order valence-electron chi connectivity index (χ1n) is 5.39. The van der Waals surface area contributed by atoms with Crippen molar-refractivity contribution in [2.45, 2.75) is 19.5 Å². The van der Waals surface area contributed by atoms with Crippen LogP contribution >= 0.6 is 0 Å². The zero-order valence-corrected chi connectivity index (χ0v) is 9.30. The monoisotopic (exact) mass is 213 g/mol. The Labute approximate surface area is 95.6 Å². The average Bonchev–Trinajstić information content (AvgIpc) is 2.38. The van der Waals surface area contributed by atoms with E-state index in [-0.39, 0.29) is 0 Å². The molecule has 82 valence electrons. The van der Waals surface area contributed by atoms with E-state index in [4.69, 9.17) is 0 Å². The largest absolute Gasteiger partial charge is 0.305 e. The highest BCUT2D eigenvalue weighted by molar-refractivity contribution is 5.14. The number of aromatic nitrogens is 2. The van der Waals surface area contributed by atoms with E-state index in [2.05, 4.69) is 22.2 Å². The molecule has 16 heavy (non-hydrogen) atoms. The van der Waals surface area contributed by atoms with Gasteiger partial charge >= 0.3 is 0 Å². The summed E-state index contributed by atoms with van der Waals surface area (Å²) in [7, 11) is 0. The predicted molar refractivity (Wildman–Crippen MR) is 63.7 cm³/mol. The molecule has 0 amide bonds. The van der Waals surface area contributed by atoms with Crippen LogP contribution in [-0.2, 0) is 6.54 Å². The van der Waals surface area contributed by atoms with Gasteiger partial charge in [0, 0.05) is 31.2 Å². The van der Waals surface area contributed by atoms with Gasteiger partial charge in [-0.15, -0.1) is 0 Å². The topological polar surface area (TPSA) is 37.8 Å². The van der Waals surface area contributed by atoms with Crippen molar-refractivity contribution in [3.63, 3.8) is 0 Å². The number of pyridine rings is 2. The van der Waals surface area contributed by atoms with E-state index in [0.29, 0.717) is 6.04 Å². The Hall–Kier alpha value is -1.74. The van der Waals surface area contributed by atoms with Gasteiger partial charge < -0.3 is 5.32 Å². The van der Waals surface area contributed by atoms with Crippen LogP contribution < -0.4 is 5.32 Å². The second-order valence-corrected chi connectivity index (χ2v) is 3.70. The molecule has 0 aliphatic carbocycles. The third kappa shape index (κ3) is 2.87. The standard InChI is InChI=1S/C13H15N3/c1-11(12-5-8-14-9-6-12)16-10-13-4-2-3-7-15-13/h2-9,11,16H,10H2,1H3/t11-/m0/s1. The zero-order chi connectivity index (χ0) is 11.2. The van der Waals surface area contributed by atoms with Crippen LogP contribution in [0.25, 0.3) is 0 Å². The highest BCUT2D eigenvalue weighted by Crippen LogP contribution is 2.10. The third-order valence-corrected chi connectivity index (χ3v) is 2.52. The molecule has 0 spiro atoms. The minimum atomic E-state index is 0.310. The third-order valence-electron chi connectivity index (χ3n) is 2.52. The average molecular weight is 213 g/mol. The molecule has 0 bridgehead atoms. The summed E-state index contributed by atoms with van der Waals surface area (Å²) in [4.78, 5) is 8.28. The van der Waals surface area contributed by atoms with Gasteiger partial charge in [0.15, 0.2) is 0 Å². The lowest BCUT2D eigenvalue weighted by molar-refractivity contribution is 0.567. The van der Waals surface area contributed by atoms with E-state index in [0.717, 1.165) is 12.2 Å². The molecular weight excluding hydrogens is 198 g/mol. The molecule has 0 radical (unpaired) electrons. The number of nitrogens with one attached hydrogen (secondary N) is 1. The minimum Gasteiger partial charge on any atom is -0.305 e. The molecule has 2 rings (SSSR count). The van der Waals surface area contributed by atoms with Gasteiger partial charge in [-0.25, -0.2) is 0 Å². The minimum absolute atomic E-state index is 0.310. The molecule has 0 fully saturated rings. The van der Waals surface area contributed by atoms with E-state index < -0.39 is 0 Å². The molecular formula is C13H15N3. The highest BCUT2D eigenvalue weighted by atomic mass is 14.9. The lowest BCUT2D eigenvalue weighted by atomic mass is 10.1. The summed E-state index contributed by atoms with van der Waals surface area (Å²) in [6.45, 7) is 2.92. The Morgan fingerprint density at radius 3 is 2.62 bits per heavy atom. The lowest BCUT2D eigenvalue weighted by Gasteiger charge is -2.13. The van der Waals surface area contributed by atoms with Crippen LogP contribution in [0, 0.1) is 0 Å². The lowest BCUT2D eigenvalue weighted by Crippen LogP contribution is -2.18. The van der Waals surface area contributed by atoms with E-state index in [1.165, 1.54) is 5.56 Å². The normalized spacial score (nSPS) is 12.3. The molecule has 1 N–H and O–H groups in total. The predicted octanol–water partition coefficient (Wildman–Crippen LogP) is 2.33. The fourth-order valence-corrected chi connectivity index (χ4v) is 1.53. The van der Waals surface area contributed by atoms with Gasteiger partial charge in [0.05, 0.1) is 5.69 Å². The number of hydrogen-bond donors (Lipinski definition) is 1. The van der Waals surface area contributed by atoms with Crippen LogP contribution in [0.1, 0.15) is 24.2 Å². The Morgan fingerprint density at radius 2 is 1.94 bits per heavy atom. The van der Waals surface area contributed by atoms with Gasteiger partial charge in [-0.05, 0) is 36.8 Å². The van der Waals surface area contributed by atoms with Crippen molar-refractivity contribution in [3.8, 4) is 0 Å². The first-order valence-corrected chi connectivity index (χ1v) is 5.39. The van der Waals surface area contributed by atoms with Crippen molar-refractivity contribution in [2.75, 3.05) is 0 Å². The highest BCUT2D eigenvalue weighted by Gasteiger charge is 2.03. The Bertz CT molecular complexity index is 414. The Kier molecular flexibility index (Phi) is 3.62. The van der Waals surface area contributed by atoms with Crippen LogP contribution in [0.3, 0.4) is 0 Å². The van der Waals surface area contributed by atoms with Crippen molar-refractivity contribution in [1.29, 1.82) is 0 Å². The van der Waals surface area contributed by atoms with Crippen LogP contribution in [0.2, 0.25) is 0 Å². The molecule has 1 atom stereocenters. The fourth-order valence-electron chi connectivity index (χ4n) is 1.53. The maximum absolute atomic E-state index is 4.27. The van der Waals surface area contributed by atoms with Gasteiger partial charge in [-0.2, -0.15) is 0 Å². The van der Waals surface area contributed by atoms with Crippen LogP contribution in [0.4, 0.5) is 0 Å². The van der Waals surface area contributed by atoms with Gasteiger partial charge in [0.25, 0.3) is 0 Å². The first kappa shape index (κ1) is 10.8. The smallest absolute Gasteiger partial charge is 0.0541 e. The summed E-state index contributed by atoms with van der Waals surface area (Å²) in [6.07, 6.45) is 5.44. The molecule has 0 saturated carbocycles. The first-order chi connectivity index (χ1) is 7.86. The molecule has 0 unspecified atom stereocenters. The van der Waals surface area contributed by atoms with E-state index >= 15 is 0 Å². The summed E-state index contributed by atoms with van der Waals surface area (Å²) >= 11 is 0. The maximum Gasteiger partial charge on any atom is 0.0541 e. The number of rotatable bonds is 4. The van der Waals surface area contributed by atoms with Crippen LogP contribution in [0.15, 0.2) is 48.9 Å². The number of nitrogens with zero attached hydrogens (tertiary/aromatic N) is 2. The van der Waals surface area contributed by atoms with Crippen LogP contribution in [0.5, 0.6) is 0 Å². The summed E-state index contributed by atoms with van der Waals surface area (Å²) in [6, 6.07) is 10.3. The van der Waals surface area contributed by atoms with Crippen molar-refractivity contribution in [3.05, 3.63) is 60.2 Å². The van der Waals surface area contributed by atoms with E-state index in [1.54, 1.807) is 0 Å². The summed E-state index contributed by atoms with van der Waals surface area (Å²) in [5.41, 5.74) is 2.30. The van der Waals surface area contributed by atoms with Crippen molar-refractivity contribution in [1.82, 2.24) is 15.3 Å². The molecule has 3 heteroatoms. The Balaban J connectivity index is 1.92. The van der Waals surface area contributed by atoms with E-state index in [1.807, 2.05) is 48.9 Å². The SMILES string of the molecule is C[C@H](NCc1ccccn1)c1ccncc1. The molecule has 0 aliphatic rings. The van der Waals surface area contributed by atoms with Gasteiger partial charge in [-0.3, -0.25) is 9.97 Å². The summed E-state index contributed by atoms with van der Waals surface area (Å²) in [5.74, 6) is 0. The van der Waals surface area contributed by atoms with Crippen molar-refractivity contribution >= 4 is 0 Å². The number of hydrogen-bond acceptors (Lipinski definition) is 3. The Morgan fingerprint density at radius 1 is 1.12 bits per heavy atom. The molecule has 2 heterocycles. The molecule has 0 saturated heterocycles. The van der Waals surface area contributed by atoms with Crippen molar-refractivity contribution in [2.24, 2.45) is 0 Å². The molecule has 3 nitrogen and oxygen atoms in total. The molecule has 2 aromatic rings. The van der Waals surface area contributed by atoms with Gasteiger partial charge in [0.2, 0.25) is 0 Å². The molecule has 0 aliphatic heterocycles. The maximum atomic E-state index is 4.27. The summed E-state index contributed by atoms with van der Waals surface area (Å²) in [5, 5.41) is 3.42.